The molecule has 0 aromatic heterocycles. The number of benzene rings is 3. The number of ether oxygens (including phenoxy) is 1. The molecular weight excluding hydrogens is 380 g/mol. The normalized spacial score (nSPS) is 15.0. The fourth-order valence-electron chi connectivity index (χ4n) is 3.47. The third kappa shape index (κ3) is 4.22. The average Bonchev–Trinajstić information content (AvgIpc) is 2.73. The van der Waals surface area contributed by atoms with Crippen molar-refractivity contribution in [1.29, 1.82) is 0 Å². The van der Waals surface area contributed by atoms with E-state index in [0.717, 1.165) is 11.1 Å². The first-order chi connectivity index (χ1) is 14.5. The van der Waals surface area contributed by atoms with Crippen LogP contribution in [-0.4, -0.2) is 17.8 Å². The highest BCUT2D eigenvalue weighted by Gasteiger charge is 2.28. The third-order valence-electron chi connectivity index (χ3n) is 4.85. The average molecular weight is 400 g/mol. The van der Waals surface area contributed by atoms with Crippen molar-refractivity contribution in [1.82, 2.24) is 0 Å². The van der Waals surface area contributed by atoms with Crippen LogP contribution in [0.25, 0.3) is 0 Å². The summed E-state index contributed by atoms with van der Waals surface area (Å²) in [5.74, 6) is -0.874. The summed E-state index contributed by atoms with van der Waals surface area (Å²) < 4.78 is 5.57. The zero-order chi connectivity index (χ0) is 21.1. The second-order valence-corrected chi connectivity index (χ2v) is 7.10. The van der Waals surface area contributed by atoms with Crippen LogP contribution >= 0.6 is 0 Å². The minimum Gasteiger partial charge on any atom is -0.454 e. The van der Waals surface area contributed by atoms with Gasteiger partial charge in [0.15, 0.2) is 0 Å². The molecule has 0 bridgehead atoms. The lowest BCUT2D eigenvalue weighted by molar-refractivity contribution is -0.114. The van der Waals surface area contributed by atoms with E-state index >= 15 is 0 Å². The Labute approximate surface area is 173 Å². The Balaban J connectivity index is 1.54. The number of rotatable bonds is 4. The Hall–Kier alpha value is -3.93. The van der Waals surface area contributed by atoms with Crippen LogP contribution in [0.1, 0.15) is 44.9 Å². The molecule has 30 heavy (non-hydrogen) atoms. The minimum atomic E-state index is -0.389. The summed E-state index contributed by atoms with van der Waals surface area (Å²) in [5, 5.41) is 5.51. The van der Waals surface area contributed by atoms with E-state index in [-0.39, 0.29) is 23.9 Å². The summed E-state index contributed by atoms with van der Waals surface area (Å²) >= 11 is 0. The van der Waals surface area contributed by atoms with Gasteiger partial charge in [-0.1, -0.05) is 36.4 Å². The summed E-state index contributed by atoms with van der Waals surface area (Å²) in [5.41, 5.74) is 3.78. The van der Waals surface area contributed by atoms with Crippen molar-refractivity contribution in [2.75, 3.05) is 10.6 Å². The molecule has 150 valence electrons. The number of carbonyl (C=O) groups is 3. The smallest absolute Gasteiger partial charge is 0.339 e. The van der Waals surface area contributed by atoms with Crippen LogP contribution in [0.2, 0.25) is 0 Å². The van der Waals surface area contributed by atoms with Gasteiger partial charge in [0.25, 0.3) is 5.91 Å². The molecule has 0 saturated heterocycles. The summed E-state index contributed by atoms with van der Waals surface area (Å²) in [6.07, 6.45) is 0.128. The number of hydrogen-bond donors (Lipinski definition) is 2. The zero-order valence-electron chi connectivity index (χ0n) is 16.3. The Kier molecular flexibility index (Phi) is 5.30. The molecule has 1 atom stereocenters. The lowest BCUT2D eigenvalue weighted by Gasteiger charge is -2.25. The van der Waals surface area contributed by atoms with Crippen LogP contribution < -0.4 is 10.6 Å². The summed E-state index contributed by atoms with van der Waals surface area (Å²) in [7, 11) is 0. The van der Waals surface area contributed by atoms with Gasteiger partial charge in [-0.05, 0) is 47.5 Å². The molecule has 0 fully saturated rings. The van der Waals surface area contributed by atoms with Gasteiger partial charge in [0, 0.05) is 30.3 Å². The standard InChI is InChI=1S/C24H20N2O4/c1-15(27)25-19-8-5-9-20(14-19)26-23(28)17-10-11-21-18(12-17)13-22(30-24(21)29)16-6-3-2-4-7-16/h2-12,14,22H,13H2,1H3,(H,25,27)(H,26,28)/t22-/m0/s1. The Bertz CT molecular complexity index is 1130. The molecule has 2 N–H and O–H groups in total. The second-order valence-electron chi connectivity index (χ2n) is 7.10. The molecule has 3 aromatic carbocycles. The Morgan fingerprint density at radius 2 is 1.63 bits per heavy atom. The number of hydrogen-bond acceptors (Lipinski definition) is 4. The maximum Gasteiger partial charge on any atom is 0.339 e. The number of carbonyl (C=O) groups excluding carboxylic acids is 3. The van der Waals surface area contributed by atoms with Gasteiger partial charge in [0.1, 0.15) is 6.10 Å². The van der Waals surface area contributed by atoms with Gasteiger partial charge < -0.3 is 15.4 Å². The molecule has 0 saturated carbocycles. The van der Waals surface area contributed by atoms with Gasteiger partial charge in [-0.3, -0.25) is 9.59 Å². The van der Waals surface area contributed by atoms with E-state index in [9.17, 15) is 14.4 Å². The number of fused-ring (bicyclic) bond motifs is 1. The zero-order valence-corrected chi connectivity index (χ0v) is 16.3. The van der Waals surface area contributed by atoms with Crippen molar-refractivity contribution < 1.29 is 19.1 Å². The van der Waals surface area contributed by atoms with Gasteiger partial charge in [-0.15, -0.1) is 0 Å². The highest BCUT2D eigenvalue weighted by Crippen LogP contribution is 2.31. The van der Waals surface area contributed by atoms with E-state index in [1.54, 1.807) is 42.5 Å². The molecule has 0 aliphatic carbocycles. The van der Waals surface area contributed by atoms with Crippen molar-refractivity contribution >= 4 is 29.2 Å². The van der Waals surface area contributed by atoms with E-state index in [1.807, 2.05) is 30.3 Å². The highest BCUT2D eigenvalue weighted by atomic mass is 16.5. The molecule has 0 spiro atoms. The van der Waals surface area contributed by atoms with Crippen molar-refractivity contribution in [2.45, 2.75) is 19.4 Å². The molecule has 1 heterocycles. The molecular formula is C24H20N2O4. The van der Waals surface area contributed by atoms with Crippen molar-refractivity contribution in [3.05, 3.63) is 95.1 Å². The molecule has 3 aromatic rings. The number of nitrogens with one attached hydrogen (secondary N) is 2. The van der Waals surface area contributed by atoms with Crippen LogP contribution in [0.4, 0.5) is 11.4 Å². The van der Waals surface area contributed by atoms with Crippen LogP contribution in [0, 0.1) is 0 Å². The number of anilines is 2. The van der Waals surface area contributed by atoms with E-state index in [1.165, 1.54) is 6.92 Å². The number of esters is 1. The van der Waals surface area contributed by atoms with E-state index in [0.29, 0.717) is 28.9 Å². The van der Waals surface area contributed by atoms with E-state index in [4.69, 9.17) is 4.74 Å². The molecule has 0 radical (unpaired) electrons. The monoisotopic (exact) mass is 400 g/mol. The largest absolute Gasteiger partial charge is 0.454 e. The molecule has 1 aliphatic heterocycles. The van der Waals surface area contributed by atoms with Crippen molar-refractivity contribution in [3.63, 3.8) is 0 Å². The molecule has 1 aliphatic rings. The van der Waals surface area contributed by atoms with E-state index in [2.05, 4.69) is 10.6 Å². The second kappa shape index (κ2) is 8.21. The molecule has 4 rings (SSSR count). The predicted molar refractivity (Wildman–Crippen MR) is 113 cm³/mol. The predicted octanol–water partition coefficient (Wildman–Crippen LogP) is 4.35. The maximum atomic E-state index is 12.8. The molecule has 0 unspecified atom stereocenters. The lowest BCUT2D eigenvalue weighted by atomic mass is 9.93. The topological polar surface area (TPSA) is 84.5 Å². The summed E-state index contributed by atoms with van der Waals surface area (Å²) in [6, 6.07) is 21.4. The van der Waals surface area contributed by atoms with Crippen LogP contribution in [-0.2, 0) is 16.0 Å². The van der Waals surface area contributed by atoms with Crippen LogP contribution in [0.15, 0.2) is 72.8 Å². The number of amides is 2. The van der Waals surface area contributed by atoms with Gasteiger partial charge in [0.2, 0.25) is 5.91 Å². The van der Waals surface area contributed by atoms with Crippen LogP contribution in [0.3, 0.4) is 0 Å². The van der Waals surface area contributed by atoms with Crippen LogP contribution in [0.5, 0.6) is 0 Å². The van der Waals surface area contributed by atoms with Gasteiger partial charge in [-0.25, -0.2) is 4.79 Å². The first-order valence-corrected chi connectivity index (χ1v) is 9.57. The summed E-state index contributed by atoms with van der Waals surface area (Å²) in [4.78, 5) is 36.4. The molecule has 2 amide bonds. The third-order valence-corrected chi connectivity index (χ3v) is 4.85. The molecule has 6 heteroatoms. The minimum absolute atomic E-state index is 0.187. The Morgan fingerprint density at radius 1 is 0.900 bits per heavy atom. The van der Waals surface area contributed by atoms with E-state index < -0.39 is 0 Å². The highest BCUT2D eigenvalue weighted by molar-refractivity contribution is 6.05. The number of cyclic esters (lactones) is 1. The fraction of sp³-hybridized carbons (Fsp3) is 0.125. The molecule has 6 nitrogen and oxygen atoms in total. The maximum absolute atomic E-state index is 12.8. The SMILES string of the molecule is CC(=O)Nc1cccc(NC(=O)c2ccc3c(c2)C[C@@H](c2ccccc2)OC3=O)c1. The Morgan fingerprint density at radius 3 is 2.37 bits per heavy atom. The van der Waals surface area contributed by atoms with Crippen molar-refractivity contribution in [2.24, 2.45) is 0 Å². The first kappa shape index (κ1) is 19.4. The first-order valence-electron chi connectivity index (χ1n) is 9.57. The van der Waals surface area contributed by atoms with Gasteiger partial charge in [0.05, 0.1) is 5.56 Å². The summed E-state index contributed by atoms with van der Waals surface area (Å²) in [6.45, 7) is 1.42. The van der Waals surface area contributed by atoms with Crippen molar-refractivity contribution in [3.8, 4) is 0 Å². The van der Waals surface area contributed by atoms with Gasteiger partial charge >= 0.3 is 5.97 Å². The lowest BCUT2D eigenvalue weighted by Crippen LogP contribution is -2.23. The quantitative estimate of drug-likeness (QED) is 0.638. The van der Waals surface area contributed by atoms with Gasteiger partial charge in [-0.2, -0.15) is 0 Å². The fourth-order valence-corrected chi connectivity index (χ4v) is 3.47.